The SMILES string of the molecule is CC(C)NC(=O)CCS[C@@H]1CCc2ccccc2NC1=O. The average molecular weight is 306 g/mol. The van der Waals surface area contributed by atoms with Gasteiger partial charge in [0.2, 0.25) is 11.8 Å². The highest BCUT2D eigenvalue weighted by molar-refractivity contribution is 8.00. The summed E-state index contributed by atoms with van der Waals surface area (Å²) in [7, 11) is 0. The minimum atomic E-state index is -0.0794. The number of anilines is 1. The van der Waals surface area contributed by atoms with Crippen LogP contribution in [0.2, 0.25) is 0 Å². The molecule has 2 rings (SSSR count). The van der Waals surface area contributed by atoms with Gasteiger partial charge < -0.3 is 10.6 Å². The van der Waals surface area contributed by atoms with Gasteiger partial charge in [-0.3, -0.25) is 9.59 Å². The third kappa shape index (κ3) is 4.77. The minimum absolute atomic E-state index is 0.0502. The third-order valence-electron chi connectivity index (χ3n) is 3.34. The van der Waals surface area contributed by atoms with Crippen molar-refractivity contribution in [3.63, 3.8) is 0 Å². The maximum Gasteiger partial charge on any atom is 0.237 e. The summed E-state index contributed by atoms with van der Waals surface area (Å²) in [6, 6.07) is 8.09. The number of para-hydroxylation sites is 1. The fourth-order valence-corrected chi connectivity index (χ4v) is 3.42. The standard InChI is InChI=1S/C16H22N2O2S/c1-11(2)17-15(19)9-10-21-14-8-7-12-5-3-4-6-13(12)18-16(14)20/h3-6,11,14H,7-10H2,1-2H3,(H,17,19)(H,18,20)/t14-/m1/s1. The molecule has 1 atom stereocenters. The van der Waals surface area contributed by atoms with Gasteiger partial charge in [0, 0.05) is 23.9 Å². The van der Waals surface area contributed by atoms with Crippen LogP contribution in [-0.2, 0) is 16.0 Å². The number of amides is 2. The van der Waals surface area contributed by atoms with Crippen LogP contribution < -0.4 is 10.6 Å². The smallest absolute Gasteiger partial charge is 0.237 e. The van der Waals surface area contributed by atoms with E-state index < -0.39 is 0 Å². The minimum Gasteiger partial charge on any atom is -0.354 e. The van der Waals surface area contributed by atoms with Crippen molar-refractivity contribution >= 4 is 29.3 Å². The molecule has 1 aliphatic rings. The van der Waals surface area contributed by atoms with E-state index in [-0.39, 0.29) is 23.1 Å². The van der Waals surface area contributed by atoms with Gasteiger partial charge >= 0.3 is 0 Å². The molecule has 114 valence electrons. The van der Waals surface area contributed by atoms with Crippen LogP contribution >= 0.6 is 11.8 Å². The van der Waals surface area contributed by atoms with Gasteiger partial charge in [-0.1, -0.05) is 18.2 Å². The molecule has 1 aromatic rings. The molecule has 0 fully saturated rings. The van der Waals surface area contributed by atoms with E-state index in [2.05, 4.69) is 16.7 Å². The summed E-state index contributed by atoms with van der Waals surface area (Å²) in [5, 5.41) is 5.77. The van der Waals surface area contributed by atoms with E-state index in [1.165, 1.54) is 5.56 Å². The molecule has 1 heterocycles. The molecule has 5 heteroatoms. The van der Waals surface area contributed by atoms with Crippen LogP contribution in [-0.4, -0.2) is 28.9 Å². The van der Waals surface area contributed by atoms with Crippen molar-refractivity contribution in [2.24, 2.45) is 0 Å². The molecule has 1 aromatic carbocycles. The molecule has 21 heavy (non-hydrogen) atoms. The first-order chi connectivity index (χ1) is 10.1. The van der Waals surface area contributed by atoms with E-state index in [0.29, 0.717) is 12.2 Å². The molecule has 4 nitrogen and oxygen atoms in total. The highest BCUT2D eigenvalue weighted by Crippen LogP contribution is 2.27. The monoisotopic (exact) mass is 306 g/mol. The maximum absolute atomic E-state index is 12.2. The van der Waals surface area contributed by atoms with Crippen LogP contribution in [0.15, 0.2) is 24.3 Å². The van der Waals surface area contributed by atoms with E-state index >= 15 is 0 Å². The summed E-state index contributed by atoms with van der Waals surface area (Å²) < 4.78 is 0. The average Bonchev–Trinajstić information content (AvgIpc) is 2.57. The van der Waals surface area contributed by atoms with Crippen LogP contribution in [0.4, 0.5) is 5.69 Å². The van der Waals surface area contributed by atoms with Crippen LogP contribution in [0.5, 0.6) is 0 Å². The molecule has 1 aliphatic heterocycles. The van der Waals surface area contributed by atoms with Crippen LogP contribution in [0.25, 0.3) is 0 Å². The lowest BCUT2D eigenvalue weighted by Crippen LogP contribution is -2.30. The Morgan fingerprint density at radius 1 is 1.43 bits per heavy atom. The number of aryl methyl sites for hydroxylation is 1. The number of hydrogen-bond donors (Lipinski definition) is 2. The summed E-state index contributed by atoms with van der Waals surface area (Å²) in [5.74, 6) is 0.775. The van der Waals surface area contributed by atoms with Crippen molar-refractivity contribution in [2.75, 3.05) is 11.1 Å². The van der Waals surface area contributed by atoms with Gasteiger partial charge in [-0.05, 0) is 38.3 Å². The maximum atomic E-state index is 12.2. The summed E-state index contributed by atoms with van der Waals surface area (Å²) in [4.78, 5) is 23.8. The number of carbonyl (C=O) groups is 2. The molecule has 2 N–H and O–H groups in total. The van der Waals surface area contributed by atoms with E-state index in [0.717, 1.165) is 18.5 Å². The lowest BCUT2D eigenvalue weighted by Gasteiger charge is -2.13. The molecular formula is C16H22N2O2S. The zero-order chi connectivity index (χ0) is 15.2. The van der Waals surface area contributed by atoms with Gasteiger partial charge in [-0.25, -0.2) is 0 Å². The summed E-state index contributed by atoms with van der Waals surface area (Å²) in [6.07, 6.45) is 2.17. The fourth-order valence-electron chi connectivity index (χ4n) is 2.34. The number of carbonyl (C=O) groups excluding carboxylic acids is 2. The van der Waals surface area contributed by atoms with Crippen LogP contribution in [0.1, 0.15) is 32.3 Å². The third-order valence-corrected chi connectivity index (χ3v) is 4.63. The number of hydrogen-bond acceptors (Lipinski definition) is 3. The number of fused-ring (bicyclic) bond motifs is 1. The zero-order valence-corrected chi connectivity index (χ0v) is 13.3. The van der Waals surface area contributed by atoms with Crippen molar-refractivity contribution in [3.05, 3.63) is 29.8 Å². The molecular weight excluding hydrogens is 284 g/mol. The molecule has 0 aromatic heterocycles. The van der Waals surface area contributed by atoms with Crippen molar-refractivity contribution in [3.8, 4) is 0 Å². The quantitative estimate of drug-likeness (QED) is 0.879. The second kappa shape index (κ2) is 7.50. The molecule has 0 aliphatic carbocycles. The predicted octanol–water partition coefficient (Wildman–Crippen LogP) is 2.59. The second-order valence-corrected chi connectivity index (χ2v) is 6.83. The lowest BCUT2D eigenvalue weighted by atomic mass is 10.1. The van der Waals surface area contributed by atoms with E-state index in [4.69, 9.17) is 0 Å². The fraction of sp³-hybridized carbons (Fsp3) is 0.500. The highest BCUT2D eigenvalue weighted by atomic mass is 32.2. The topological polar surface area (TPSA) is 58.2 Å². The Morgan fingerprint density at radius 2 is 2.19 bits per heavy atom. The van der Waals surface area contributed by atoms with Gasteiger partial charge in [0.25, 0.3) is 0 Å². The van der Waals surface area contributed by atoms with Gasteiger partial charge in [-0.15, -0.1) is 11.8 Å². The van der Waals surface area contributed by atoms with Crippen molar-refractivity contribution in [2.45, 2.75) is 44.4 Å². The van der Waals surface area contributed by atoms with Gasteiger partial charge in [0.05, 0.1) is 5.25 Å². The molecule has 2 amide bonds. The van der Waals surface area contributed by atoms with E-state index in [1.54, 1.807) is 11.8 Å². The molecule has 0 saturated heterocycles. The van der Waals surface area contributed by atoms with Crippen LogP contribution in [0.3, 0.4) is 0 Å². The zero-order valence-electron chi connectivity index (χ0n) is 12.5. The Labute approximate surface area is 130 Å². The van der Waals surface area contributed by atoms with Crippen molar-refractivity contribution in [1.29, 1.82) is 0 Å². The Balaban J connectivity index is 1.83. The Kier molecular flexibility index (Phi) is 5.67. The highest BCUT2D eigenvalue weighted by Gasteiger charge is 2.23. The first kappa shape index (κ1) is 15.9. The second-order valence-electron chi connectivity index (χ2n) is 5.52. The van der Waals surface area contributed by atoms with Crippen molar-refractivity contribution in [1.82, 2.24) is 5.32 Å². The summed E-state index contributed by atoms with van der Waals surface area (Å²) in [6.45, 7) is 3.89. The molecule has 0 unspecified atom stereocenters. The van der Waals surface area contributed by atoms with Gasteiger partial charge in [0.1, 0.15) is 0 Å². The predicted molar refractivity (Wildman–Crippen MR) is 87.5 cm³/mol. The van der Waals surface area contributed by atoms with Crippen molar-refractivity contribution < 1.29 is 9.59 Å². The molecule has 0 radical (unpaired) electrons. The molecule has 0 bridgehead atoms. The summed E-state index contributed by atoms with van der Waals surface area (Å²) in [5.41, 5.74) is 2.11. The largest absolute Gasteiger partial charge is 0.354 e. The molecule has 0 spiro atoms. The summed E-state index contributed by atoms with van der Waals surface area (Å²) >= 11 is 1.57. The number of benzene rings is 1. The Bertz CT molecular complexity index is 517. The Hall–Kier alpha value is -1.49. The van der Waals surface area contributed by atoms with Gasteiger partial charge in [0.15, 0.2) is 0 Å². The van der Waals surface area contributed by atoms with Gasteiger partial charge in [-0.2, -0.15) is 0 Å². The van der Waals surface area contributed by atoms with Crippen LogP contribution in [0, 0.1) is 0 Å². The van der Waals surface area contributed by atoms with E-state index in [1.807, 2.05) is 32.0 Å². The number of rotatable bonds is 5. The first-order valence-electron chi connectivity index (χ1n) is 7.36. The normalized spacial score (nSPS) is 17.9. The molecule has 0 saturated carbocycles. The van der Waals surface area contributed by atoms with E-state index in [9.17, 15) is 9.59 Å². The first-order valence-corrected chi connectivity index (χ1v) is 8.41. The Morgan fingerprint density at radius 3 is 2.95 bits per heavy atom. The number of nitrogens with one attached hydrogen (secondary N) is 2. The lowest BCUT2D eigenvalue weighted by molar-refractivity contribution is -0.121. The number of thioether (sulfide) groups is 1.